The van der Waals surface area contributed by atoms with Crippen LogP contribution >= 0.6 is 12.2 Å². The molecule has 0 spiro atoms. The maximum absolute atomic E-state index is 15.3. The average Bonchev–Trinajstić information content (AvgIpc) is 2.98. The van der Waals surface area contributed by atoms with E-state index < -0.39 is 29.1 Å². The van der Waals surface area contributed by atoms with Crippen molar-refractivity contribution in [3.63, 3.8) is 0 Å². The van der Waals surface area contributed by atoms with Crippen molar-refractivity contribution in [3.05, 3.63) is 95.3 Å². The summed E-state index contributed by atoms with van der Waals surface area (Å²) in [5.74, 6) is -1.64. The molecule has 43 heavy (non-hydrogen) atoms. The summed E-state index contributed by atoms with van der Waals surface area (Å²) in [5, 5.41) is 2.14. The van der Waals surface area contributed by atoms with Gasteiger partial charge in [-0.25, -0.2) is 13.2 Å². The number of hydrogen-bond donors (Lipinski definition) is 0. The van der Waals surface area contributed by atoms with Crippen LogP contribution < -0.4 is 4.74 Å². The Balaban J connectivity index is 1.25. The molecule has 226 valence electrons. The third-order valence-corrected chi connectivity index (χ3v) is 9.18. The van der Waals surface area contributed by atoms with Crippen LogP contribution in [0.3, 0.4) is 0 Å². The first-order valence-corrected chi connectivity index (χ1v) is 15.3. The SMILES string of the molecule is CC=CC1CCC(C2CCC(c3ccc(-c4cc(F)c(C(F)(F)Oc5ccc(N=C=S)cc5)c(F)c4)c(F)c3)CC2)CC1. The molecule has 0 heterocycles. The van der Waals surface area contributed by atoms with E-state index in [9.17, 15) is 17.6 Å². The number of hydrogen-bond acceptors (Lipinski definition) is 3. The Kier molecular flexibility index (Phi) is 9.78. The van der Waals surface area contributed by atoms with Gasteiger partial charge in [-0.2, -0.15) is 13.8 Å². The van der Waals surface area contributed by atoms with Crippen molar-refractivity contribution in [1.82, 2.24) is 0 Å². The zero-order valence-corrected chi connectivity index (χ0v) is 24.8. The van der Waals surface area contributed by atoms with Gasteiger partial charge < -0.3 is 4.74 Å². The predicted molar refractivity (Wildman–Crippen MR) is 162 cm³/mol. The van der Waals surface area contributed by atoms with Crippen LogP contribution in [0.2, 0.25) is 0 Å². The van der Waals surface area contributed by atoms with E-state index in [1.54, 1.807) is 6.07 Å². The van der Waals surface area contributed by atoms with Gasteiger partial charge in [-0.3, -0.25) is 0 Å². The topological polar surface area (TPSA) is 21.6 Å². The molecule has 0 aromatic heterocycles. The molecule has 2 aliphatic carbocycles. The number of allylic oxidation sites excluding steroid dienone is 2. The summed E-state index contributed by atoms with van der Waals surface area (Å²) in [5.41, 5.74) is -0.569. The summed E-state index contributed by atoms with van der Waals surface area (Å²) in [6.45, 7) is 2.08. The minimum Gasteiger partial charge on any atom is -0.429 e. The molecule has 2 saturated carbocycles. The van der Waals surface area contributed by atoms with Crippen molar-refractivity contribution in [1.29, 1.82) is 0 Å². The first kappa shape index (κ1) is 31.1. The van der Waals surface area contributed by atoms with Crippen molar-refractivity contribution in [3.8, 4) is 16.9 Å². The number of isothiocyanates is 1. The van der Waals surface area contributed by atoms with E-state index in [4.69, 9.17) is 0 Å². The van der Waals surface area contributed by atoms with E-state index >= 15 is 4.39 Å². The number of alkyl halides is 2. The molecule has 5 rings (SSSR count). The predicted octanol–water partition coefficient (Wildman–Crippen LogP) is 11.3. The third-order valence-electron chi connectivity index (χ3n) is 9.09. The van der Waals surface area contributed by atoms with E-state index in [2.05, 4.69) is 46.2 Å². The van der Waals surface area contributed by atoms with Gasteiger partial charge in [-0.05, 0) is 148 Å². The van der Waals surface area contributed by atoms with Crippen molar-refractivity contribution < 1.29 is 26.7 Å². The zero-order valence-electron chi connectivity index (χ0n) is 24.0. The Morgan fingerprint density at radius 1 is 0.814 bits per heavy atom. The minimum atomic E-state index is -4.32. The van der Waals surface area contributed by atoms with Gasteiger partial charge in [-0.15, -0.1) is 0 Å². The van der Waals surface area contributed by atoms with Crippen molar-refractivity contribution in [2.24, 2.45) is 22.7 Å². The Labute approximate surface area is 254 Å². The Bertz CT molecular complexity index is 1480. The van der Waals surface area contributed by atoms with E-state index in [1.807, 2.05) is 0 Å². The lowest BCUT2D eigenvalue weighted by molar-refractivity contribution is -0.189. The highest BCUT2D eigenvalue weighted by molar-refractivity contribution is 7.78. The lowest BCUT2D eigenvalue weighted by atomic mass is 9.68. The molecule has 0 saturated heterocycles. The Hall–Kier alpha value is -3.35. The van der Waals surface area contributed by atoms with Crippen LogP contribution in [0.15, 0.2) is 71.7 Å². The van der Waals surface area contributed by atoms with Crippen molar-refractivity contribution in [2.75, 3.05) is 0 Å². The molecule has 2 fully saturated rings. The van der Waals surface area contributed by atoms with Crippen LogP contribution in [-0.4, -0.2) is 5.16 Å². The summed E-state index contributed by atoms with van der Waals surface area (Å²) < 4.78 is 79.5. The van der Waals surface area contributed by atoms with Gasteiger partial charge in [-0.1, -0.05) is 24.3 Å². The molecule has 2 aliphatic rings. The third kappa shape index (κ3) is 7.25. The molecular formula is C35H34F5NOS. The second-order valence-corrected chi connectivity index (χ2v) is 11.9. The van der Waals surface area contributed by atoms with Crippen LogP contribution in [0, 0.1) is 35.2 Å². The van der Waals surface area contributed by atoms with Gasteiger partial charge in [0.25, 0.3) is 0 Å². The summed E-state index contributed by atoms with van der Waals surface area (Å²) >= 11 is 4.49. The zero-order chi connectivity index (χ0) is 30.6. The van der Waals surface area contributed by atoms with Crippen LogP contribution in [0.25, 0.3) is 11.1 Å². The summed E-state index contributed by atoms with van der Waals surface area (Å²) in [6.07, 6.45) is 9.41. The Morgan fingerprint density at radius 3 is 1.98 bits per heavy atom. The number of ether oxygens (including phenoxy) is 1. The largest absolute Gasteiger partial charge is 0.432 e. The highest BCUT2D eigenvalue weighted by atomic mass is 32.1. The second-order valence-electron chi connectivity index (χ2n) is 11.7. The molecule has 0 aliphatic heterocycles. The molecule has 0 N–H and O–H groups in total. The minimum absolute atomic E-state index is 0.0569. The van der Waals surface area contributed by atoms with Gasteiger partial charge in [0, 0.05) is 5.56 Å². The van der Waals surface area contributed by atoms with Gasteiger partial charge in [0.15, 0.2) is 0 Å². The standard InChI is InChI=1S/C35H34F5NOS/c1-2-3-22-4-6-23(7-5-22)24-8-10-25(11-9-24)26-12-17-30(31(36)18-26)27-19-32(37)34(33(38)20-27)35(39,40)42-29-15-13-28(14-16-29)41-21-43/h2-3,12-20,22-25H,4-11H2,1H3. The smallest absolute Gasteiger partial charge is 0.429 e. The quantitative estimate of drug-likeness (QED) is 0.109. The summed E-state index contributed by atoms with van der Waals surface area (Å²) in [4.78, 5) is 3.70. The average molecular weight is 612 g/mol. The van der Waals surface area contributed by atoms with E-state index in [0.29, 0.717) is 29.7 Å². The van der Waals surface area contributed by atoms with Gasteiger partial charge in [0.1, 0.15) is 28.8 Å². The maximum Gasteiger partial charge on any atom is 0.432 e. The number of benzene rings is 3. The van der Waals surface area contributed by atoms with E-state index in [-0.39, 0.29) is 22.8 Å². The Morgan fingerprint density at radius 2 is 1.42 bits per heavy atom. The van der Waals surface area contributed by atoms with Crippen molar-refractivity contribution >= 4 is 23.1 Å². The number of thiocarbonyl (C=S) groups is 1. The molecule has 0 radical (unpaired) electrons. The number of nitrogens with zero attached hydrogens (tertiary/aromatic N) is 1. The first-order chi connectivity index (χ1) is 20.7. The maximum atomic E-state index is 15.3. The van der Waals surface area contributed by atoms with Gasteiger partial charge >= 0.3 is 6.11 Å². The molecule has 3 aromatic carbocycles. The lowest BCUT2D eigenvalue weighted by Crippen LogP contribution is -2.25. The number of halogens is 5. The molecule has 0 amide bonds. The van der Waals surface area contributed by atoms with Gasteiger partial charge in [0.2, 0.25) is 0 Å². The van der Waals surface area contributed by atoms with Crippen molar-refractivity contribution in [2.45, 2.75) is 70.3 Å². The number of rotatable bonds is 8. The van der Waals surface area contributed by atoms with E-state index in [1.165, 1.54) is 62.1 Å². The van der Waals surface area contributed by atoms with Crippen LogP contribution in [0.5, 0.6) is 5.75 Å². The number of aliphatic imine (C=N–C) groups is 1. The molecule has 0 unspecified atom stereocenters. The van der Waals surface area contributed by atoms with Crippen LogP contribution in [0.1, 0.15) is 75.3 Å². The fraction of sp³-hybridized carbons (Fsp3) is 0.400. The lowest BCUT2D eigenvalue weighted by Gasteiger charge is -2.37. The normalized spacial score (nSPS) is 22.7. The summed E-state index contributed by atoms with van der Waals surface area (Å²) in [6, 6.07) is 11.1. The fourth-order valence-corrected chi connectivity index (χ4v) is 6.98. The second kappa shape index (κ2) is 13.5. The molecule has 2 nitrogen and oxygen atoms in total. The highest BCUT2D eigenvalue weighted by Crippen LogP contribution is 2.45. The fourth-order valence-electron chi connectivity index (χ4n) is 6.87. The van der Waals surface area contributed by atoms with Gasteiger partial charge in [0.05, 0.1) is 10.8 Å². The molecular weight excluding hydrogens is 577 g/mol. The van der Waals surface area contributed by atoms with Crippen LogP contribution in [0.4, 0.5) is 27.6 Å². The van der Waals surface area contributed by atoms with Crippen LogP contribution in [-0.2, 0) is 6.11 Å². The summed E-state index contributed by atoms with van der Waals surface area (Å²) in [7, 11) is 0. The highest BCUT2D eigenvalue weighted by Gasteiger charge is 2.41. The molecule has 0 bridgehead atoms. The monoisotopic (exact) mass is 611 g/mol. The molecule has 0 atom stereocenters. The molecule has 8 heteroatoms. The molecule has 3 aromatic rings. The first-order valence-electron chi connectivity index (χ1n) is 14.9. The van der Waals surface area contributed by atoms with E-state index in [0.717, 1.165) is 37.2 Å².